The second-order valence-electron chi connectivity index (χ2n) is 6.68. The zero-order chi connectivity index (χ0) is 17.6. The van der Waals surface area contributed by atoms with E-state index < -0.39 is 11.8 Å². The standard InChI is InChI=1S/C16H27N3O4/c1-9(2)5-11(7-20)18-16(22)12(6-10(3)4)13-8-23-19-14(13)15(17)21/h8-12,20H,5-7H2,1-4H3,(H2,17,21)(H,18,22)/t11-,12-/m0/s1. The van der Waals surface area contributed by atoms with E-state index in [1.165, 1.54) is 6.26 Å². The van der Waals surface area contributed by atoms with Gasteiger partial charge in [-0.1, -0.05) is 32.9 Å². The molecule has 1 rings (SSSR count). The van der Waals surface area contributed by atoms with Crippen LogP contribution in [0.5, 0.6) is 0 Å². The number of nitrogens with one attached hydrogen (secondary N) is 1. The van der Waals surface area contributed by atoms with Crippen molar-refractivity contribution >= 4 is 11.8 Å². The van der Waals surface area contributed by atoms with Crippen LogP contribution < -0.4 is 11.1 Å². The summed E-state index contributed by atoms with van der Waals surface area (Å²) in [5.41, 5.74) is 5.66. The van der Waals surface area contributed by atoms with Crippen LogP contribution in [-0.4, -0.2) is 34.7 Å². The van der Waals surface area contributed by atoms with E-state index in [-0.39, 0.29) is 30.2 Å². The van der Waals surface area contributed by atoms with E-state index in [0.717, 1.165) is 0 Å². The average Bonchev–Trinajstić information content (AvgIpc) is 2.92. The van der Waals surface area contributed by atoms with Gasteiger partial charge in [0.1, 0.15) is 6.26 Å². The van der Waals surface area contributed by atoms with Crippen molar-refractivity contribution in [3.8, 4) is 0 Å². The summed E-state index contributed by atoms with van der Waals surface area (Å²) in [7, 11) is 0. The average molecular weight is 325 g/mol. The van der Waals surface area contributed by atoms with Crippen LogP contribution in [0.2, 0.25) is 0 Å². The Kier molecular flexibility index (Phi) is 7.22. The third-order valence-electron chi connectivity index (χ3n) is 3.55. The van der Waals surface area contributed by atoms with Crippen LogP contribution >= 0.6 is 0 Å². The van der Waals surface area contributed by atoms with Gasteiger partial charge in [-0.25, -0.2) is 0 Å². The Labute approximate surface area is 136 Å². The number of rotatable bonds is 9. The highest BCUT2D eigenvalue weighted by molar-refractivity contribution is 5.95. The number of aliphatic hydroxyl groups is 1. The molecule has 0 aliphatic heterocycles. The van der Waals surface area contributed by atoms with Crippen LogP contribution in [0, 0.1) is 11.8 Å². The summed E-state index contributed by atoms with van der Waals surface area (Å²) in [6, 6.07) is -0.325. The van der Waals surface area contributed by atoms with Crippen molar-refractivity contribution < 1.29 is 19.2 Å². The van der Waals surface area contributed by atoms with Gasteiger partial charge in [-0.05, 0) is 24.7 Å². The summed E-state index contributed by atoms with van der Waals surface area (Å²) in [4.78, 5) is 24.1. The lowest BCUT2D eigenvalue weighted by Crippen LogP contribution is -2.41. The van der Waals surface area contributed by atoms with Gasteiger partial charge < -0.3 is 20.7 Å². The van der Waals surface area contributed by atoms with Crippen molar-refractivity contribution in [1.82, 2.24) is 10.5 Å². The molecule has 0 unspecified atom stereocenters. The number of carbonyl (C=O) groups is 2. The molecule has 23 heavy (non-hydrogen) atoms. The van der Waals surface area contributed by atoms with Crippen molar-refractivity contribution in [3.05, 3.63) is 17.5 Å². The van der Waals surface area contributed by atoms with Gasteiger partial charge in [0.2, 0.25) is 5.91 Å². The van der Waals surface area contributed by atoms with Gasteiger partial charge >= 0.3 is 0 Å². The predicted molar refractivity (Wildman–Crippen MR) is 85.7 cm³/mol. The molecule has 7 nitrogen and oxygen atoms in total. The van der Waals surface area contributed by atoms with Crippen LogP contribution in [0.1, 0.15) is 62.5 Å². The molecule has 0 saturated carbocycles. The smallest absolute Gasteiger partial charge is 0.271 e. The van der Waals surface area contributed by atoms with Crippen molar-refractivity contribution in [2.45, 2.75) is 52.5 Å². The van der Waals surface area contributed by atoms with E-state index in [9.17, 15) is 14.7 Å². The van der Waals surface area contributed by atoms with Crippen molar-refractivity contribution in [2.24, 2.45) is 17.6 Å². The molecule has 4 N–H and O–H groups in total. The Morgan fingerprint density at radius 1 is 1.26 bits per heavy atom. The summed E-state index contributed by atoms with van der Waals surface area (Å²) in [6.07, 6.45) is 2.49. The van der Waals surface area contributed by atoms with Gasteiger partial charge in [-0.3, -0.25) is 9.59 Å². The molecule has 2 amide bonds. The number of nitrogens with two attached hydrogens (primary N) is 1. The number of nitrogens with zero attached hydrogens (tertiary/aromatic N) is 1. The Hall–Kier alpha value is -1.89. The molecule has 1 aromatic rings. The van der Waals surface area contributed by atoms with E-state index in [1.54, 1.807) is 0 Å². The molecule has 0 aromatic carbocycles. The fourth-order valence-corrected chi connectivity index (χ4v) is 2.58. The zero-order valence-electron chi connectivity index (χ0n) is 14.2. The minimum absolute atomic E-state index is 0.0183. The number of carbonyl (C=O) groups excluding carboxylic acids is 2. The lowest BCUT2D eigenvalue weighted by molar-refractivity contribution is -0.124. The van der Waals surface area contributed by atoms with E-state index in [2.05, 4.69) is 10.5 Å². The fourth-order valence-electron chi connectivity index (χ4n) is 2.58. The van der Waals surface area contributed by atoms with E-state index in [4.69, 9.17) is 10.3 Å². The van der Waals surface area contributed by atoms with Gasteiger partial charge in [0.25, 0.3) is 5.91 Å². The molecular weight excluding hydrogens is 298 g/mol. The first-order chi connectivity index (χ1) is 10.8. The molecule has 0 fully saturated rings. The number of amides is 2. The number of primary amides is 1. The lowest BCUT2D eigenvalue weighted by atomic mass is 9.89. The second kappa shape index (κ2) is 8.67. The van der Waals surface area contributed by atoms with Gasteiger partial charge in [0, 0.05) is 5.56 Å². The third kappa shape index (κ3) is 5.67. The molecule has 0 aliphatic carbocycles. The summed E-state index contributed by atoms with van der Waals surface area (Å²) < 4.78 is 4.84. The number of aromatic nitrogens is 1. The van der Waals surface area contributed by atoms with E-state index in [1.807, 2.05) is 27.7 Å². The van der Waals surface area contributed by atoms with Gasteiger partial charge in [-0.15, -0.1) is 0 Å². The molecule has 1 aromatic heterocycles. The predicted octanol–water partition coefficient (Wildman–Crippen LogP) is 1.43. The largest absolute Gasteiger partial charge is 0.394 e. The molecule has 0 spiro atoms. The first-order valence-electron chi connectivity index (χ1n) is 7.91. The summed E-state index contributed by atoms with van der Waals surface area (Å²) in [5.74, 6) is -1.02. The maximum absolute atomic E-state index is 12.7. The minimum atomic E-state index is -0.726. The molecule has 130 valence electrons. The van der Waals surface area contributed by atoms with E-state index >= 15 is 0 Å². The number of hydrogen-bond acceptors (Lipinski definition) is 5. The molecule has 0 radical (unpaired) electrons. The van der Waals surface area contributed by atoms with Gasteiger partial charge in [-0.2, -0.15) is 0 Å². The van der Waals surface area contributed by atoms with Crippen molar-refractivity contribution in [1.29, 1.82) is 0 Å². The quantitative estimate of drug-likeness (QED) is 0.634. The van der Waals surface area contributed by atoms with Crippen LogP contribution in [0.15, 0.2) is 10.8 Å². The highest BCUT2D eigenvalue weighted by Crippen LogP contribution is 2.27. The Bertz CT molecular complexity index is 525. The van der Waals surface area contributed by atoms with Crippen LogP contribution in [-0.2, 0) is 4.79 Å². The molecule has 7 heteroatoms. The normalized spacial score (nSPS) is 14.0. The maximum atomic E-state index is 12.7. The second-order valence-corrected chi connectivity index (χ2v) is 6.68. The lowest BCUT2D eigenvalue weighted by Gasteiger charge is -2.23. The molecule has 0 aliphatic rings. The fraction of sp³-hybridized carbons (Fsp3) is 0.688. The minimum Gasteiger partial charge on any atom is -0.394 e. The first-order valence-corrected chi connectivity index (χ1v) is 7.91. The van der Waals surface area contributed by atoms with Crippen LogP contribution in [0.4, 0.5) is 0 Å². The Balaban J connectivity index is 2.99. The van der Waals surface area contributed by atoms with E-state index in [0.29, 0.717) is 24.3 Å². The van der Waals surface area contributed by atoms with Crippen LogP contribution in [0.25, 0.3) is 0 Å². The number of aliphatic hydroxyl groups excluding tert-OH is 1. The van der Waals surface area contributed by atoms with Crippen molar-refractivity contribution in [2.75, 3.05) is 6.61 Å². The zero-order valence-corrected chi connectivity index (χ0v) is 14.2. The number of hydrogen-bond donors (Lipinski definition) is 3. The highest BCUT2D eigenvalue weighted by Gasteiger charge is 2.30. The molecule has 1 heterocycles. The summed E-state index contributed by atoms with van der Waals surface area (Å²) in [6.45, 7) is 7.87. The van der Waals surface area contributed by atoms with Gasteiger partial charge in [0.05, 0.1) is 18.6 Å². The molecular formula is C16H27N3O4. The third-order valence-corrected chi connectivity index (χ3v) is 3.55. The summed E-state index contributed by atoms with van der Waals surface area (Å²) >= 11 is 0. The topological polar surface area (TPSA) is 118 Å². The summed E-state index contributed by atoms with van der Waals surface area (Å²) in [5, 5.41) is 15.9. The SMILES string of the molecule is CC(C)C[C@@H](CO)NC(=O)[C@@H](CC(C)C)c1conc1C(N)=O. The molecule has 0 saturated heterocycles. The molecule has 2 atom stereocenters. The monoisotopic (exact) mass is 325 g/mol. The van der Waals surface area contributed by atoms with Crippen molar-refractivity contribution in [3.63, 3.8) is 0 Å². The van der Waals surface area contributed by atoms with Gasteiger partial charge in [0.15, 0.2) is 5.69 Å². The maximum Gasteiger partial charge on any atom is 0.271 e. The first kappa shape index (κ1) is 19.2. The highest BCUT2D eigenvalue weighted by atomic mass is 16.5. The Morgan fingerprint density at radius 2 is 1.87 bits per heavy atom. The molecule has 0 bridgehead atoms. The Morgan fingerprint density at radius 3 is 2.35 bits per heavy atom. The van der Waals surface area contributed by atoms with Crippen LogP contribution in [0.3, 0.4) is 0 Å².